The molecule has 34 heavy (non-hydrogen) atoms. The van der Waals surface area contributed by atoms with Gasteiger partial charge in [-0.2, -0.15) is 0 Å². The Morgan fingerprint density at radius 2 is 1.06 bits per heavy atom. The molecule has 0 spiro atoms. The van der Waals surface area contributed by atoms with Gasteiger partial charge in [-0.1, -0.05) is 39.8 Å². The van der Waals surface area contributed by atoms with Gasteiger partial charge in [0.05, 0.1) is 45.7 Å². The second-order valence-corrected chi connectivity index (χ2v) is 11.2. The summed E-state index contributed by atoms with van der Waals surface area (Å²) in [5, 5.41) is 0. The number of nitrogens with zero attached hydrogens (tertiary/aromatic N) is 4. The highest BCUT2D eigenvalue weighted by atomic mass is 16.5. The maximum Gasteiger partial charge on any atom is 0.195 e. The maximum absolute atomic E-state index is 6.01. The van der Waals surface area contributed by atoms with Crippen LogP contribution in [0.25, 0.3) is 11.4 Å². The third-order valence-corrected chi connectivity index (χ3v) is 7.00. The maximum atomic E-state index is 6.01. The lowest BCUT2D eigenvalue weighted by Crippen LogP contribution is -2.31. The van der Waals surface area contributed by atoms with Crippen molar-refractivity contribution in [3.63, 3.8) is 0 Å². The third-order valence-electron chi connectivity index (χ3n) is 7.00. The molecule has 6 heteroatoms. The molecule has 0 bridgehead atoms. The van der Waals surface area contributed by atoms with E-state index in [4.69, 9.17) is 29.4 Å². The first-order chi connectivity index (χ1) is 16.0. The molecule has 4 heterocycles. The van der Waals surface area contributed by atoms with E-state index in [0.717, 1.165) is 34.6 Å². The van der Waals surface area contributed by atoms with Crippen molar-refractivity contribution in [3.05, 3.63) is 47.8 Å². The van der Waals surface area contributed by atoms with Crippen LogP contribution in [0.3, 0.4) is 0 Å². The molecule has 2 aliphatic heterocycles. The minimum absolute atomic E-state index is 0.203. The van der Waals surface area contributed by atoms with Crippen LogP contribution in [0, 0.1) is 11.8 Å². The van der Waals surface area contributed by atoms with E-state index in [1.165, 1.54) is 0 Å². The number of hydrogen-bond acceptors (Lipinski definition) is 6. The highest BCUT2D eigenvalue weighted by Gasteiger charge is 2.37. The standard InChI is InChI=1S/C28H38N4O2/c1-17(2)21-15-33-25(31-21)27(5,6)23-13-9-11-19(29-23)20-12-10-14-24(30-20)28(7,8)26-32-22(16-34-26)18(3)4/h9-14,17-18,21-22H,15-16H2,1-8H3. The van der Waals surface area contributed by atoms with Gasteiger partial charge in [-0.3, -0.25) is 9.97 Å². The Bertz CT molecular complexity index is 1010. The zero-order valence-corrected chi connectivity index (χ0v) is 21.8. The van der Waals surface area contributed by atoms with Gasteiger partial charge in [0.15, 0.2) is 11.8 Å². The van der Waals surface area contributed by atoms with Gasteiger partial charge in [0, 0.05) is 0 Å². The van der Waals surface area contributed by atoms with E-state index in [-0.39, 0.29) is 12.1 Å². The summed E-state index contributed by atoms with van der Waals surface area (Å²) >= 11 is 0. The Morgan fingerprint density at radius 1 is 0.676 bits per heavy atom. The van der Waals surface area contributed by atoms with Crippen molar-refractivity contribution in [2.75, 3.05) is 13.2 Å². The molecule has 0 saturated heterocycles. The topological polar surface area (TPSA) is 69.0 Å². The lowest BCUT2D eigenvalue weighted by atomic mass is 9.87. The quantitative estimate of drug-likeness (QED) is 0.537. The van der Waals surface area contributed by atoms with Crippen LogP contribution < -0.4 is 0 Å². The van der Waals surface area contributed by atoms with Crippen LogP contribution in [-0.2, 0) is 20.3 Å². The van der Waals surface area contributed by atoms with E-state index in [1.54, 1.807) is 0 Å². The first kappa shape index (κ1) is 24.4. The normalized spacial score (nSPS) is 20.9. The average molecular weight is 463 g/mol. The molecule has 6 nitrogen and oxygen atoms in total. The largest absolute Gasteiger partial charge is 0.478 e. The number of aromatic nitrogens is 2. The second-order valence-electron chi connectivity index (χ2n) is 11.2. The summed E-state index contributed by atoms with van der Waals surface area (Å²) in [7, 11) is 0. The molecule has 0 fully saturated rings. The Labute approximate surface area is 204 Å². The molecule has 0 aromatic carbocycles. The first-order valence-electron chi connectivity index (χ1n) is 12.4. The van der Waals surface area contributed by atoms with Gasteiger partial charge in [0.2, 0.25) is 0 Å². The molecule has 4 rings (SSSR count). The second kappa shape index (κ2) is 9.12. The number of rotatable bonds is 7. The number of pyridine rings is 2. The smallest absolute Gasteiger partial charge is 0.195 e. The molecule has 0 amide bonds. The van der Waals surface area contributed by atoms with Gasteiger partial charge < -0.3 is 9.47 Å². The van der Waals surface area contributed by atoms with Crippen LogP contribution in [0.4, 0.5) is 0 Å². The van der Waals surface area contributed by atoms with Crippen molar-refractivity contribution >= 4 is 11.8 Å². The Balaban J connectivity index is 1.64. The van der Waals surface area contributed by atoms with Gasteiger partial charge >= 0.3 is 0 Å². The lowest BCUT2D eigenvalue weighted by molar-refractivity contribution is 0.273. The average Bonchev–Trinajstić information content (AvgIpc) is 3.50. The SMILES string of the molecule is CC(C)C1COC(C(C)(C)c2cccc(-c3cccc(C(C)(C)C4=NC(C(C)C)CO4)n3)n2)=N1. The molecule has 2 atom stereocenters. The number of ether oxygens (including phenoxy) is 2. The van der Waals surface area contributed by atoms with Gasteiger partial charge in [-0.05, 0) is 63.8 Å². The van der Waals surface area contributed by atoms with Gasteiger partial charge in [0.1, 0.15) is 13.2 Å². The highest BCUT2D eigenvalue weighted by molar-refractivity contribution is 5.89. The van der Waals surface area contributed by atoms with Crippen molar-refractivity contribution in [2.45, 2.75) is 78.3 Å². The summed E-state index contributed by atoms with van der Waals surface area (Å²) in [5.74, 6) is 2.42. The minimum Gasteiger partial charge on any atom is -0.478 e. The number of hydrogen-bond donors (Lipinski definition) is 0. The molecule has 2 aliphatic rings. The zero-order chi connectivity index (χ0) is 24.7. The summed E-state index contributed by atoms with van der Waals surface area (Å²) in [6.45, 7) is 18.5. The molecular formula is C28H38N4O2. The predicted molar refractivity (Wildman–Crippen MR) is 138 cm³/mol. The summed E-state index contributed by atoms with van der Waals surface area (Å²) in [6.07, 6.45) is 0. The molecule has 0 aliphatic carbocycles. The van der Waals surface area contributed by atoms with Crippen molar-refractivity contribution in [3.8, 4) is 11.4 Å². The van der Waals surface area contributed by atoms with Crippen molar-refractivity contribution in [2.24, 2.45) is 21.8 Å². The first-order valence-corrected chi connectivity index (χ1v) is 12.4. The summed E-state index contributed by atoms with van der Waals surface area (Å²) in [4.78, 5) is 19.7. The molecular weight excluding hydrogens is 424 g/mol. The van der Waals surface area contributed by atoms with Crippen LogP contribution in [0.1, 0.15) is 66.8 Å². The molecule has 0 radical (unpaired) electrons. The predicted octanol–water partition coefficient (Wildman–Crippen LogP) is 5.61. The van der Waals surface area contributed by atoms with Crippen LogP contribution in [0.15, 0.2) is 46.4 Å². The minimum atomic E-state index is -0.422. The van der Waals surface area contributed by atoms with Gasteiger partial charge in [-0.25, -0.2) is 9.98 Å². The summed E-state index contributed by atoms with van der Waals surface area (Å²) in [5.41, 5.74) is 2.66. The fourth-order valence-corrected chi connectivity index (χ4v) is 4.22. The molecule has 182 valence electrons. The number of aliphatic imine (C=N–C) groups is 2. The fourth-order valence-electron chi connectivity index (χ4n) is 4.22. The molecule has 0 saturated carbocycles. The van der Waals surface area contributed by atoms with Crippen molar-refractivity contribution in [1.82, 2.24) is 9.97 Å². The lowest BCUT2D eigenvalue weighted by Gasteiger charge is -2.25. The van der Waals surface area contributed by atoms with Crippen LogP contribution in [-0.4, -0.2) is 47.1 Å². The van der Waals surface area contributed by atoms with Crippen LogP contribution >= 0.6 is 0 Å². The summed E-state index contributed by atoms with van der Waals surface area (Å²) in [6, 6.07) is 12.6. The van der Waals surface area contributed by atoms with E-state index in [1.807, 2.05) is 36.4 Å². The third kappa shape index (κ3) is 4.59. The van der Waals surface area contributed by atoms with Crippen molar-refractivity contribution in [1.29, 1.82) is 0 Å². The van der Waals surface area contributed by atoms with Gasteiger partial charge in [0.25, 0.3) is 0 Å². The van der Waals surface area contributed by atoms with Crippen molar-refractivity contribution < 1.29 is 9.47 Å². The Morgan fingerprint density at radius 3 is 1.38 bits per heavy atom. The Kier molecular flexibility index (Phi) is 6.54. The summed E-state index contributed by atoms with van der Waals surface area (Å²) < 4.78 is 12.0. The fraction of sp³-hybridized carbons (Fsp3) is 0.571. The van der Waals surface area contributed by atoms with E-state index < -0.39 is 10.8 Å². The zero-order valence-electron chi connectivity index (χ0n) is 21.8. The molecule has 2 unspecified atom stereocenters. The molecule has 2 aromatic heterocycles. The monoisotopic (exact) mass is 462 g/mol. The van der Waals surface area contributed by atoms with E-state index in [0.29, 0.717) is 25.0 Å². The highest BCUT2D eigenvalue weighted by Crippen LogP contribution is 2.32. The van der Waals surface area contributed by atoms with E-state index >= 15 is 0 Å². The van der Waals surface area contributed by atoms with Crippen LogP contribution in [0.5, 0.6) is 0 Å². The van der Waals surface area contributed by atoms with E-state index in [2.05, 4.69) is 55.4 Å². The molecule has 0 N–H and O–H groups in total. The van der Waals surface area contributed by atoms with Crippen LogP contribution in [0.2, 0.25) is 0 Å². The molecule has 2 aromatic rings. The van der Waals surface area contributed by atoms with E-state index in [9.17, 15) is 0 Å². The van der Waals surface area contributed by atoms with Gasteiger partial charge in [-0.15, -0.1) is 0 Å². The Hall–Kier alpha value is -2.76.